The molecule has 0 bridgehead atoms. The fourth-order valence-corrected chi connectivity index (χ4v) is 2.63. The van der Waals surface area contributed by atoms with Gasteiger partial charge in [0.2, 0.25) is 0 Å². The number of rotatable bonds is 4. The van der Waals surface area contributed by atoms with Gasteiger partial charge in [-0.25, -0.2) is 4.98 Å². The Morgan fingerprint density at radius 3 is 2.58 bits per heavy atom. The van der Waals surface area contributed by atoms with Gasteiger partial charge in [-0.3, -0.25) is 18.8 Å². The molecule has 3 aromatic rings. The smallest absolute Gasteiger partial charge is 0.270 e. The molecule has 1 N–H and O–H groups in total. The summed E-state index contributed by atoms with van der Waals surface area (Å²) in [7, 11) is 3.19. The van der Waals surface area contributed by atoms with Crippen molar-refractivity contribution in [2.45, 2.75) is 6.54 Å². The standard InChI is InChI=1S/C19H18N4O3/c1-20-17(24)14-8-6-13(7-9-14)12-22(2)18(25)15-11-21-16-5-3-4-10-23(16)19(15)26/h3-11H,12H2,1-2H3,(H,20,24). The summed E-state index contributed by atoms with van der Waals surface area (Å²) in [6, 6.07) is 12.1. The van der Waals surface area contributed by atoms with E-state index >= 15 is 0 Å². The van der Waals surface area contributed by atoms with Gasteiger partial charge in [0.1, 0.15) is 11.2 Å². The molecule has 0 saturated carbocycles. The Morgan fingerprint density at radius 2 is 1.88 bits per heavy atom. The van der Waals surface area contributed by atoms with Crippen LogP contribution in [0.2, 0.25) is 0 Å². The van der Waals surface area contributed by atoms with Gasteiger partial charge in [0, 0.05) is 38.6 Å². The van der Waals surface area contributed by atoms with Crippen molar-refractivity contribution in [3.05, 3.63) is 81.9 Å². The predicted molar refractivity (Wildman–Crippen MR) is 97.1 cm³/mol. The summed E-state index contributed by atoms with van der Waals surface area (Å²) < 4.78 is 1.35. The average molecular weight is 350 g/mol. The maximum absolute atomic E-state index is 12.6. The molecule has 0 saturated heterocycles. The summed E-state index contributed by atoms with van der Waals surface area (Å²) in [5, 5.41) is 2.55. The molecule has 0 aliphatic carbocycles. The van der Waals surface area contributed by atoms with E-state index in [1.165, 1.54) is 15.5 Å². The van der Waals surface area contributed by atoms with Crippen molar-refractivity contribution < 1.29 is 9.59 Å². The van der Waals surface area contributed by atoms with E-state index in [-0.39, 0.29) is 11.5 Å². The molecule has 2 amide bonds. The lowest BCUT2D eigenvalue weighted by molar-refractivity contribution is 0.0782. The first-order valence-electron chi connectivity index (χ1n) is 8.04. The molecule has 26 heavy (non-hydrogen) atoms. The number of nitrogens with zero attached hydrogens (tertiary/aromatic N) is 3. The van der Waals surface area contributed by atoms with Gasteiger partial charge in [0.15, 0.2) is 0 Å². The van der Waals surface area contributed by atoms with Crippen LogP contribution < -0.4 is 10.9 Å². The number of fused-ring (bicyclic) bond motifs is 1. The Balaban J connectivity index is 1.81. The molecule has 0 aliphatic heterocycles. The van der Waals surface area contributed by atoms with Crippen LogP contribution in [-0.2, 0) is 6.54 Å². The summed E-state index contributed by atoms with van der Waals surface area (Å²) in [4.78, 5) is 42.3. The van der Waals surface area contributed by atoms with E-state index in [0.29, 0.717) is 17.8 Å². The normalized spacial score (nSPS) is 10.5. The molecule has 0 unspecified atom stereocenters. The number of benzene rings is 1. The van der Waals surface area contributed by atoms with Crippen molar-refractivity contribution in [1.29, 1.82) is 0 Å². The van der Waals surface area contributed by atoms with Crippen molar-refractivity contribution in [3.8, 4) is 0 Å². The van der Waals surface area contributed by atoms with Crippen LogP contribution in [0.3, 0.4) is 0 Å². The number of aromatic nitrogens is 2. The third-order valence-corrected chi connectivity index (χ3v) is 4.05. The lowest BCUT2D eigenvalue weighted by atomic mass is 10.1. The van der Waals surface area contributed by atoms with Crippen molar-refractivity contribution in [1.82, 2.24) is 19.6 Å². The van der Waals surface area contributed by atoms with Crippen LogP contribution in [0.1, 0.15) is 26.3 Å². The van der Waals surface area contributed by atoms with Gasteiger partial charge in [-0.2, -0.15) is 0 Å². The van der Waals surface area contributed by atoms with Gasteiger partial charge in [-0.05, 0) is 29.8 Å². The molecule has 7 nitrogen and oxygen atoms in total. The van der Waals surface area contributed by atoms with Gasteiger partial charge in [-0.1, -0.05) is 18.2 Å². The Hall–Kier alpha value is -3.48. The highest BCUT2D eigenvalue weighted by atomic mass is 16.2. The number of carbonyl (C=O) groups excluding carboxylic acids is 2. The van der Waals surface area contributed by atoms with Gasteiger partial charge < -0.3 is 10.2 Å². The molecule has 0 atom stereocenters. The minimum absolute atomic E-state index is 0.0122. The van der Waals surface area contributed by atoms with Gasteiger partial charge in [-0.15, -0.1) is 0 Å². The number of hydrogen-bond acceptors (Lipinski definition) is 4. The summed E-state index contributed by atoms with van der Waals surface area (Å²) in [6.45, 7) is 0.309. The van der Waals surface area contributed by atoms with E-state index in [1.54, 1.807) is 62.8 Å². The number of hydrogen-bond donors (Lipinski definition) is 1. The van der Waals surface area contributed by atoms with Crippen molar-refractivity contribution in [3.63, 3.8) is 0 Å². The molecular weight excluding hydrogens is 332 g/mol. The molecule has 2 heterocycles. The fourth-order valence-electron chi connectivity index (χ4n) is 2.63. The van der Waals surface area contributed by atoms with E-state index < -0.39 is 11.5 Å². The highest BCUT2D eigenvalue weighted by Crippen LogP contribution is 2.09. The van der Waals surface area contributed by atoms with Crippen molar-refractivity contribution >= 4 is 17.5 Å². The van der Waals surface area contributed by atoms with Gasteiger partial charge in [0.05, 0.1) is 0 Å². The molecule has 0 spiro atoms. The Morgan fingerprint density at radius 1 is 1.15 bits per heavy atom. The first-order chi connectivity index (χ1) is 12.5. The molecule has 0 aliphatic rings. The largest absolute Gasteiger partial charge is 0.355 e. The van der Waals surface area contributed by atoms with Crippen LogP contribution in [0.25, 0.3) is 5.65 Å². The second-order valence-electron chi connectivity index (χ2n) is 5.84. The number of pyridine rings is 1. The summed E-state index contributed by atoms with van der Waals surface area (Å²) >= 11 is 0. The number of carbonyl (C=O) groups is 2. The van der Waals surface area contributed by atoms with Crippen LogP contribution in [0, 0.1) is 0 Å². The number of nitrogens with one attached hydrogen (secondary N) is 1. The van der Waals surface area contributed by atoms with Crippen LogP contribution in [-0.4, -0.2) is 40.2 Å². The van der Waals surface area contributed by atoms with Crippen molar-refractivity contribution in [2.24, 2.45) is 0 Å². The topological polar surface area (TPSA) is 83.8 Å². The van der Waals surface area contributed by atoms with Crippen LogP contribution in [0.15, 0.2) is 59.7 Å². The van der Waals surface area contributed by atoms with E-state index in [4.69, 9.17) is 0 Å². The van der Waals surface area contributed by atoms with E-state index in [9.17, 15) is 14.4 Å². The molecule has 2 aromatic heterocycles. The SMILES string of the molecule is CNC(=O)c1ccc(CN(C)C(=O)c2cnc3ccccn3c2=O)cc1. The molecule has 0 radical (unpaired) electrons. The minimum atomic E-state index is -0.406. The first kappa shape index (κ1) is 17.3. The Kier molecular flexibility index (Phi) is 4.79. The molecule has 0 fully saturated rings. The highest BCUT2D eigenvalue weighted by Gasteiger charge is 2.17. The summed E-state index contributed by atoms with van der Waals surface area (Å²) in [5.41, 5.74) is 1.49. The minimum Gasteiger partial charge on any atom is -0.355 e. The zero-order chi connectivity index (χ0) is 18.7. The first-order valence-corrected chi connectivity index (χ1v) is 8.04. The van der Waals surface area contributed by atoms with E-state index in [1.807, 2.05) is 0 Å². The van der Waals surface area contributed by atoms with Crippen LogP contribution in [0.5, 0.6) is 0 Å². The Bertz CT molecular complexity index is 1020. The molecule has 1 aromatic carbocycles. The summed E-state index contributed by atoms with van der Waals surface area (Å²) in [6.07, 6.45) is 2.89. The lowest BCUT2D eigenvalue weighted by Crippen LogP contribution is -2.33. The van der Waals surface area contributed by atoms with Gasteiger partial charge in [0.25, 0.3) is 17.4 Å². The maximum atomic E-state index is 12.6. The monoisotopic (exact) mass is 350 g/mol. The lowest BCUT2D eigenvalue weighted by Gasteiger charge is -2.17. The quantitative estimate of drug-likeness (QED) is 0.769. The second kappa shape index (κ2) is 7.18. The van der Waals surface area contributed by atoms with E-state index in [2.05, 4.69) is 10.3 Å². The Labute approximate surface area is 149 Å². The zero-order valence-corrected chi connectivity index (χ0v) is 14.5. The molecule has 7 heteroatoms. The van der Waals surface area contributed by atoms with Crippen LogP contribution in [0.4, 0.5) is 0 Å². The third kappa shape index (κ3) is 3.32. The maximum Gasteiger partial charge on any atom is 0.270 e. The predicted octanol–water partition coefficient (Wildman–Crippen LogP) is 1.33. The van der Waals surface area contributed by atoms with Crippen LogP contribution >= 0.6 is 0 Å². The molecule has 3 rings (SSSR count). The highest BCUT2D eigenvalue weighted by molar-refractivity contribution is 5.94. The summed E-state index contributed by atoms with van der Waals surface area (Å²) in [5.74, 6) is -0.577. The van der Waals surface area contributed by atoms with E-state index in [0.717, 1.165) is 5.56 Å². The average Bonchev–Trinajstić information content (AvgIpc) is 2.68. The van der Waals surface area contributed by atoms with Gasteiger partial charge >= 0.3 is 0 Å². The molecule has 132 valence electrons. The third-order valence-electron chi connectivity index (χ3n) is 4.05. The van der Waals surface area contributed by atoms with Crippen molar-refractivity contribution in [2.75, 3.05) is 14.1 Å². The fraction of sp³-hybridized carbons (Fsp3) is 0.158. The molecular formula is C19H18N4O3. The number of amides is 2. The second-order valence-corrected chi connectivity index (χ2v) is 5.84. The zero-order valence-electron chi connectivity index (χ0n) is 14.5.